The number of carbonyl (C=O) groups excluding carboxylic acids is 1. The molecule has 0 aromatic heterocycles. The molecule has 2 aliphatic rings. The largest absolute Gasteiger partial charge is 0.376 e. The second-order valence-electron chi connectivity index (χ2n) is 6.90. The molecule has 24 heavy (non-hydrogen) atoms. The second kappa shape index (κ2) is 8.88. The van der Waals surface area contributed by atoms with E-state index in [1.54, 1.807) is 0 Å². The van der Waals surface area contributed by atoms with E-state index >= 15 is 0 Å². The van der Waals surface area contributed by atoms with Gasteiger partial charge in [-0.25, -0.2) is 4.79 Å². The van der Waals surface area contributed by atoms with Crippen LogP contribution in [0.5, 0.6) is 0 Å². The summed E-state index contributed by atoms with van der Waals surface area (Å²) in [5.41, 5.74) is 3.40. The fourth-order valence-corrected chi connectivity index (χ4v) is 3.01. The highest BCUT2D eigenvalue weighted by Crippen LogP contribution is 2.29. The molecular weight excluding hydrogens is 300 g/mol. The van der Waals surface area contributed by atoms with E-state index < -0.39 is 0 Å². The summed E-state index contributed by atoms with van der Waals surface area (Å²) in [6.45, 7) is 2.16. The molecule has 0 aliphatic heterocycles. The van der Waals surface area contributed by atoms with E-state index in [1.165, 1.54) is 44.1 Å². The van der Waals surface area contributed by atoms with Gasteiger partial charge in [0.25, 0.3) is 0 Å². The van der Waals surface area contributed by atoms with Gasteiger partial charge in [0.15, 0.2) is 0 Å². The van der Waals surface area contributed by atoms with Crippen molar-refractivity contribution in [3.05, 3.63) is 41.5 Å². The number of hydrogen-bond donors (Lipinski definition) is 2. The molecule has 4 nitrogen and oxygen atoms in total. The Bertz CT molecular complexity index is 579. The Morgan fingerprint density at radius 2 is 2.17 bits per heavy atom. The van der Waals surface area contributed by atoms with Crippen LogP contribution in [0, 0.1) is 5.92 Å². The molecule has 0 unspecified atom stereocenters. The van der Waals surface area contributed by atoms with Crippen LogP contribution < -0.4 is 10.6 Å². The smallest absolute Gasteiger partial charge is 0.319 e. The highest BCUT2D eigenvalue weighted by Gasteiger charge is 2.21. The van der Waals surface area contributed by atoms with E-state index in [1.807, 2.05) is 24.3 Å². The van der Waals surface area contributed by atoms with Crippen LogP contribution in [0.2, 0.25) is 0 Å². The number of allylic oxidation sites excluding steroid dienone is 1. The van der Waals surface area contributed by atoms with Gasteiger partial charge in [-0.15, -0.1) is 0 Å². The molecule has 2 amide bonds. The monoisotopic (exact) mass is 328 g/mol. The molecule has 1 saturated carbocycles. The van der Waals surface area contributed by atoms with Gasteiger partial charge in [-0.05, 0) is 68.6 Å². The maximum Gasteiger partial charge on any atom is 0.319 e. The maximum absolute atomic E-state index is 12.0. The average molecular weight is 328 g/mol. The normalized spacial score (nSPS) is 17.2. The van der Waals surface area contributed by atoms with Crippen LogP contribution in [0.25, 0.3) is 0 Å². The number of rotatable bonds is 8. The van der Waals surface area contributed by atoms with Crippen molar-refractivity contribution >= 4 is 11.7 Å². The van der Waals surface area contributed by atoms with Gasteiger partial charge in [0.1, 0.15) is 0 Å². The summed E-state index contributed by atoms with van der Waals surface area (Å²) in [4.78, 5) is 12.0. The fourth-order valence-electron chi connectivity index (χ4n) is 3.01. The summed E-state index contributed by atoms with van der Waals surface area (Å²) in [5.74, 6) is 0.774. The predicted octanol–water partition coefficient (Wildman–Crippen LogP) is 4.63. The Morgan fingerprint density at radius 1 is 1.25 bits per heavy atom. The summed E-state index contributed by atoms with van der Waals surface area (Å²) < 4.78 is 5.70. The molecular formula is C20H28N2O2. The third-order valence-electron chi connectivity index (χ3n) is 4.62. The van der Waals surface area contributed by atoms with Crippen molar-refractivity contribution in [3.63, 3.8) is 0 Å². The maximum atomic E-state index is 12.0. The molecule has 130 valence electrons. The van der Waals surface area contributed by atoms with Crippen molar-refractivity contribution in [1.29, 1.82) is 0 Å². The Balaban J connectivity index is 1.37. The summed E-state index contributed by atoms with van der Waals surface area (Å²) in [6, 6.07) is 7.75. The van der Waals surface area contributed by atoms with Crippen molar-refractivity contribution in [2.24, 2.45) is 5.92 Å². The first-order valence-electron chi connectivity index (χ1n) is 9.19. The minimum Gasteiger partial charge on any atom is -0.376 e. The fraction of sp³-hybridized carbons (Fsp3) is 0.550. The Morgan fingerprint density at radius 3 is 2.96 bits per heavy atom. The lowest BCUT2D eigenvalue weighted by atomic mass is 9.97. The number of nitrogens with one attached hydrogen (secondary N) is 2. The number of ether oxygens (including phenoxy) is 1. The van der Waals surface area contributed by atoms with Crippen LogP contribution in [-0.2, 0) is 11.3 Å². The van der Waals surface area contributed by atoms with Gasteiger partial charge in [-0.3, -0.25) is 0 Å². The van der Waals surface area contributed by atoms with E-state index in [9.17, 15) is 4.79 Å². The van der Waals surface area contributed by atoms with Crippen LogP contribution in [0.4, 0.5) is 10.5 Å². The third-order valence-corrected chi connectivity index (χ3v) is 4.62. The predicted molar refractivity (Wildman–Crippen MR) is 97.0 cm³/mol. The van der Waals surface area contributed by atoms with Gasteiger partial charge in [0.05, 0.1) is 6.61 Å². The van der Waals surface area contributed by atoms with Crippen LogP contribution in [0.15, 0.2) is 35.9 Å². The molecule has 1 aromatic carbocycles. The molecule has 2 N–H and O–H groups in total. The molecule has 0 radical (unpaired) electrons. The number of hydrogen-bond acceptors (Lipinski definition) is 2. The van der Waals surface area contributed by atoms with Crippen LogP contribution in [-0.4, -0.2) is 19.2 Å². The lowest BCUT2D eigenvalue weighted by Gasteiger charge is -2.13. The van der Waals surface area contributed by atoms with Crippen molar-refractivity contribution in [2.45, 2.75) is 51.6 Å². The zero-order chi connectivity index (χ0) is 16.6. The van der Waals surface area contributed by atoms with Gasteiger partial charge in [-0.2, -0.15) is 0 Å². The van der Waals surface area contributed by atoms with Crippen molar-refractivity contribution < 1.29 is 9.53 Å². The first-order chi connectivity index (χ1) is 11.8. The third kappa shape index (κ3) is 6.00. The first kappa shape index (κ1) is 17.0. The molecule has 1 fully saturated rings. The molecule has 0 saturated heterocycles. The van der Waals surface area contributed by atoms with Gasteiger partial charge in [0, 0.05) is 18.8 Å². The van der Waals surface area contributed by atoms with E-state index in [4.69, 9.17) is 4.74 Å². The van der Waals surface area contributed by atoms with Gasteiger partial charge in [0.2, 0.25) is 0 Å². The van der Waals surface area contributed by atoms with Crippen LogP contribution in [0.1, 0.15) is 50.5 Å². The minimum absolute atomic E-state index is 0.137. The highest BCUT2D eigenvalue weighted by atomic mass is 16.5. The van der Waals surface area contributed by atoms with E-state index in [0.717, 1.165) is 30.2 Å². The molecule has 0 heterocycles. The minimum atomic E-state index is -0.137. The number of urea groups is 1. The zero-order valence-corrected chi connectivity index (χ0v) is 14.4. The molecule has 0 atom stereocenters. The van der Waals surface area contributed by atoms with Gasteiger partial charge < -0.3 is 15.4 Å². The molecule has 4 heteroatoms. The quantitative estimate of drug-likeness (QED) is 0.684. The van der Waals surface area contributed by atoms with Crippen molar-refractivity contribution in [1.82, 2.24) is 5.32 Å². The van der Waals surface area contributed by atoms with Gasteiger partial charge in [-0.1, -0.05) is 23.8 Å². The summed E-state index contributed by atoms with van der Waals surface area (Å²) in [6.07, 6.45) is 10.9. The Hall–Kier alpha value is -1.81. The second-order valence-corrected chi connectivity index (χ2v) is 6.90. The van der Waals surface area contributed by atoms with Crippen LogP contribution >= 0.6 is 0 Å². The van der Waals surface area contributed by atoms with E-state index in [0.29, 0.717) is 13.2 Å². The Kier molecular flexibility index (Phi) is 6.30. The number of carbonyl (C=O) groups is 1. The molecule has 3 rings (SSSR count). The zero-order valence-electron chi connectivity index (χ0n) is 14.4. The van der Waals surface area contributed by atoms with Crippen LogP contribution in [0.3, 0.4) is 0 Å². The number of anilines is 1. The summed E-state index contributed by atoms with van der Waals surface area (Å²) in [7, 11) is 0. The van der Waals surface area contributed by atoms with Crippen molar-refractivity contribution in [2.75, 3.05) is 18.5 Å². The molecule has 1 aromatic rings. The van der Waals surface area contributed by atoms with Crippen molar-refractivity contribution in [3.8, 4) is 0 Å². The molecule has 0 spiro atoms. The van der Waals surface area contributed by atoms with E-state index in [2.05, 4.69) is 16.7 Å². The van der Waals surface area contributed by atoms with Gasteiger partial charge >= 0.3 is 6.03 Å². The topological polar surface area (TPSA) is 50.4 Å². The number of benzene rings is 1. The summed E-state index contributed by atoms with van der Waals surface area (Å²) in [5, 5.41) is 5.85. The SMILES string of the molecule is O=C(NCCC1=CCCCC1)Nc1cccc(COCC2CC2)c1. The number of amides is 2. The lowest BCUT2D eigenvalue weighted by Crippen LogP contribution is -2.29. The van der Waals surface area contributed by atoms with E-state index in [-0.39, 0.29) is 6.03 Å². The highest BCUT2D eigenvalue weighted by molar-refractivity contribution is 5.89. The average Bonchev–Trinajstić information content (AvgIpc) is 3.40. The standard InChI is InChI=1S/C20H28N2O2/c23-20(21-12-11-16-5-2-1-3-6-16)22-19-8-4-7-18(13-19)15-24-14-17-9-10-17/h4-5,7-8,13,17H,1-3,6,9-12,14-15H2,(H2,21,22,23). The first-order valence-corrected chi connectivity index (χ1v) is 9.19. The molecule has 0 bridgehead atoms. The molecule has 2 aliphatic carbocycles. The summed E-state index contributed by atoms with van der Waals surface area (Å²) >= 11 is 0. The lowest BCUT2D eigenvalue weighted by molar-refractivity contribution is 0.111. The Labute approximate surface area is 144 Å².